The Labute approximate surface area is 173 Å². The Morgan fingerprint density at radius 2 is 1.71 bits per heavy atom. The van der Waals surface area contributed by atoms with Crippen LogP contribution in [0.5, 0.6) is 0 Å². The van der Waals surface area contributed by atoms with Crippen molar-refractivity contribution in [2.24, 2.45) is 0 Å². The number of rotatable bonds is 4. The van der Waals surface area contributed by atoms with Gasteiger partial charge in [0.25, 0.3) is 5.91 Å². The van der Waals surface area contributed by atoms with E-state index in [1.165, 1.54) is 5.56 Å². The van der Waals surface area contributed by atoms with E-state index in [0.717, 1.165) is 27.1 Å². The number of anilines is 1. The summed E-state index contributed by atoms with van der Waals surface area (Å²) in [5.41, 5.74) is 5.82. The lowest BCUT2D eigenvalue weighted by molar-refractivity contribution is -0.112. The van der Waals surface area contributed by atoms with Gasteiger partial charge in [-0.15, -0.1) is 0 Å². The van der Waals surface area contributed by atoms with E-state index in [4.69, 9.17) is 0 Å². The summed E-state index contributed by atoms with van der Waals surface area (Å²) in [6.45, 7) is 6.05. The SMILES string of the molecule is Cc1ccc(-n2c(C)cc(/C=C(\C#N)C(=O)Nc3ccc(Br)cc3)c2C)cc1. The number of carbonyl (C=O) groups excluding carboxylic acids is 1. The molecule has 1 heterocycles. The van der Waals surface area contributed by atoms with Gasteiger partial charge in [0.2, 0.25) is 0 Å². The van der Waals surface area contributed by atoms with Gasteiger partial charge < -0.3 is 9.88 Å². The predicted octanol–water partition coefficient (Wildman–Crippen LogP) is 5.71. The molecule has 140 valence electrons. The zero-order chi connectivity index (χ0) is 20.3. The highest BCUT2D eigenvalue weighted by Gasteiger charge is 2.14. The summed E-state index contributed by atoms with van der Waals surface area (Å²) in [4.78, 5) is 12.5. The lowest BCUT2D eigenvalue weighted by Gasteiger charge is -2.10. The maximum absolute atomic E-state index is 12.5. The van der Waals surface area contributed by atoms with Crippen LogP contribution in [0.3, 0.4) is 0 Å². The Bertz CT molecular complexity index is 1080. The molecule has 0 saturated heterocycles. The highest BCUT2D eigenvalue weighted by molar-refractivity contribution is 9.10. The van der Waals surface area contributed by atoms with Gasteiger partial charge in [0, 0.05) is 27.2 Å². The van der Waals surface area contributed by atoms with E-state index < -0.39 is 5.91 Å². The minimum absolute atomic E-state index is 0.0621. The summed E-state index contributed by atoms with van der Waals surface area (Å²) in [7, 11) is 0. The van der Waals surface area contributed by atoms with E-state index in [0.29, 0.717) is 5.69 Å². The highest BCUT2D eigenvalue weighted by atomic mass is 79.9. The fourth-order valence-electron chi connectivity index (χ4n) is 3.06. The number of benzene rings is 2. The van der Waals surface area contributed by atoms with Crippen LogP contribution < -0.4 is 5.32 Å². The molecule has 0 saturated carbocycles. The summed E-state index contributed by atoms with van der Waals surface area (Å²) >= 11 is 3.36. The van der Waals surface area contributed by atoms with Crippen molar-refractivity contribution in [2.45, 2.75) is 20.8 Å². The molecule has 28 heavy (non-hydrogen) atoms. The first-order chi connectivity index (χ1) is 13.4. The van der Waals surface area contributed by atoms with Crippen molar-refractivity contribution in [3.8, 4) is 11.8 Å². The molecule has 0 atom stereocenters. The average molecular weight is 434 g/mol. The Morgan fingerprint density at radius 3 is 2.32 bits per heavy atom. The second-order valence-corrected chi connectivity index (χ2v) is 7.54. The lowest BCUT2D eigenvalue weighted by Crippen LogP contribution is -2.13. The first kappa shape index (κ1) is 19.7. The molecule has 0 fully saturated rings. The van der Waals surface area contributed by atoms with Crippen LogP contribution in [0.15, 0.2) is 64.6 Å². The number of halogens is 1. The number of nitrogens with zero attached hydrogens (tertiary/aromatic N) is 2. The molecular formula is C23H20BrN3O. The molecule has 3 aromatic rings. The Balaban J connectivity index is 1.91. The Hall–Kier alpha value is -3.10. The molecule has 1 amide bonds. The first-order valence-electron chi connectivity index (χ1n) is 8.83. The largest absolute Gasteiger partial charge is 0.321 e. The van der Waals surface area contributed by atoms with E-state index >= 15 is 0 Å². The van der Waals surface area contributed by atoms with E-state index in [1.54, 1.807) is 18.2 Å². The second kappa shape index (κ2) is 8.28. The Morgan fingerprint density at radius 1 is 1.07 bits per heavy atom. The molecule has 0 unspecified atom stereocenters. The quantitative estimate of drug-likeness (QED) is 0.422. The number of nitriles is 1. The van der Waals surface area contributed by atoms with Gasteiger partial charge in [0.1, 0.15) is 11.6 Å². The van der Waals surface area contributed by atoms with Crippen LogP contribution in [0.1, 0.15) is 22.5 Å². The van der Waals surface area contributed by atoms with E-state index in [9.17, 15) is 10.1 Å². The van der Waals surface area contributed by atoms with Crippen LogP contribution in [-0.4, -0.2) is 10.5 Å². The smallest absolute Gasteiger partial charge is 0.266 e. The molecule has 0 aliphatic heterocycles. The van der Waals surface area contributed by atoms with E-state index in [1.807, 2.05) is 38.1 Å². The zero-order valence-electron chi connectivity index (χ0n) is 16.0. The van der Waals surface area contributed by atoms with Gasteiger partial charge in [-0.25, -0.2) is 0 Å². The van der Waals surface area contributed by atoms with Crippen LogP contribution >= 0.6 is 15.9 Å². The van der Waals surface area contributed by atoms with Gasteiger partial charge in [-0.05, 0) is 74.9 Å². The van der Waals surface area contributed by atoms with E-state index in [-0.39, 0.29) is 5.57 Å². The van der Waals surface area contributed by atoms with Gasteiger partial charge >= 0.3 is 0 Å². The molecule has 1 aromatic heterocycles. The number of nitrogens with one attached hydrogen (secondary N) is 1. The lowest BCUT2D eigenvalue weighted by atomic mass is 10.1. The highest BCUT2D eigenvalue weighted by Crippen LogP contribution is 2.23. The van der Waals surface area contributed by atoms with Crippen molar-refractivity contribution in [1.82, 2.24) is 4.57 Å². The summed E-state index contributed by atoms with van der Waals surface area (Å²) in [5, 5.41) is 12.3. The third-order valence-corrected chi connectivity index (χ3v) is 5.06. The average Bonchev–Trinajstić information content (AvgIpc) is 2.95. The van der Waals surface area contributed by atoms with Crippen LogP contribution in [-0.2, 0) is 4.79 Å². The minimum atomic E-state index is -0.426. The molecule has 0 bridgehead atoms. The summed E-state index contributed by atoms with van der Waals surface area (Å²) in [6.07, 6.45) is 1.64. The maximum atomic E-state index is 12.5. The normalized spacial score (nSPS) is 11.2. The third kappa shape index (κ3) is 4.24. The number of aryl methyl sites for hydroxylation is 2. The molecule has 2 aromatic carbocycles. The van der Waals surface area contributed by atoms with Crippen LogP contribution in [0, 0.1) is 32.1 Å². The van der Waals surface area contributed by atoms with Gasteiger partial charge in [0.05, 0.1) is 0 Å². The van der Waals surface area contributed by atoms with Gasteiger partial charge in [-0.3, -0.25) is 4.79 Å². The topological polar surface area (TPSA) is 57.8 Å². The maximum Gasteiger partial charge on any atom is 0.266 e. The predicted molar refractivity (Wildman–Crippen MR) is 116 cm³/mol. The van der Waals surface area contributed by atoms with Gasteiger partial charge in [-0.1, -0.05) is 33.6 Å². The standard InChI is InChI=1S/C23H20BrN3O/c1-15-4-10-22(11-5-15)27-16(2)12-18(17(27)3)13-19(14-25)23(28)26-21-8-6-20(24)7-9-21/h4-13H,1-3H3,(H,26,28)/b19-13+. The first-order valence-corrected chi connectivity index (χ1v) is 9.63. The molecule has 4 nitrogen and oxygen atoms in total. The molecule has 0 spiro atoms. The number of amides is 1. The molecule has 5 heteroatoms. The van der Waals surface area contributed by atoms with Crippen molar-refractivity contribution < 1.29 is 4.79 Å². The van der Waals surface area contributed by atoms with Crippen LogP contribution in [0.4, 0.5) is 5.69 Å². The fourth-order valence-corrected chi connectivity index (χ4v) is 3.32. The minimum Gasteiger partial charge on any atom is -0.321 e. The molecule has 1 N–H and O–H groups in total. The zero-order valence-corrected chi connectivity index (χ0v) is 17.5. The number of carbonyl (C=O) groups is 1. The summed E-state index contributed by atoms with van der Waals surface area (Å²) < 4.78 is 3.04. The van der Waals surface area contributed by atoms with Crippen molar-refractivity contribution in [2.75, 3.05) is 5.32 Å². The van der Waals surface area contributed by atoms with Gasteiger partial charge in [0.15, 0.2) is 0 Å². The molecule has 0 aliphatic rings. The molecule has 0 radical (unpaired) electrons. The number of aromatic nitrogens is 1. The fraction of sp³-hybridized carbons (Fsp3) is 0.130. The molecule has 3 rings (SSSR count). The van der Waals surface area contributed by atoms with Crippen molar-refractivity contribution in [1.29, 1.82) is 5.26 Å². The molecular weight excluding hydrogens is 414 g/mol. The van der Waals surface area contributed by atoms with Crippen LogP contribution in [0.25, 0.3) is 11.8 Å². The van der Waals surface area contributed by atoms with Crippen molar-refractivity contribution in [3.63, 3.8) is 0 Å². The Kier molecular flexibility index (Phi) is 5.81. The van der Waals surface area contributed by atoms with Gasteiger partial charge in [-0.2, -0.15) is 5.26 Å². The second-order valence-electron chi connectivity index (χ2n) is 6.63. The monoisotopic (exact) mass is 433 g/mol. The number of hydrogen-bond acceptors (Lipinski definition) is 2. The summed E-state index contributed by atoms with van der Waals surface area (Å²) in [6, 6.07) is 19.5. The number of hydrogen-bond donors (Lipinski definition) is 1. The van der Waals surface area contributed by atoms with E-state index in [2.05, 4.69) is 57.0 Å². The van der Waals surface area contributed by atoms with Crippen molar-refractivity contribution >= 4 is 33.6 Å². The van der Waals surface area contributed by atoms with Crippen LogP contribution in [0.2, 0.25) is 0 Å². The van der Waals surface area contributed by atoms with Crippen molar-refractivity contribution in [3.05, 3.63) is 87.2 Å². The molecule has 0 aliphatic carbocycles. The third-order valence-electron chi connectivity index (χ3n) is 4.53. The summed E-state index contributed by atoms with van der Waals surface area (Å²) in [5.74, 6) is -0.426.